The van der Waals surface area contributed by atoms with Crippen molar-refractivity contribution in [3.05, 3.63) is 36.4 Å². The van der Waals surface area contributed by atoms with Gasteiger partial charge in [-0.3, -0.25) is 4.79 Å². The average Bonchev–Trinajstić information content (AvgIpc) is 2.85. The summed E-state index contributed by atoms with van der Waals surface area (Å²) in [6.45, 7) is 0.0104. The zero-order valence-corrected chi connectivity index (χ0v) is 10.4. The van der Waals surface area contributed by atoms with Gasteiger partial charge in [0.2, 0.25) is 5.91 Å². The van der Waals surface area contributed by atoms with Gasteiger partial charge < -0.3 is 15.8 Å². The number of hydrogen-bond donors (Lipinski definition) is 2. The van der Waals surface area contributed by atoms with E-state index in [1.807, 2.05) is 18.2 Å². The van der Waals surface area contributed by atoms with E-state index < -0.39 is 0 Å². The lowest BCUT2D eigenvalue weighted by molar-refractivity contribution is -0.118. The van der Waals surface area contributed by atoms with Gasteiger partial charge in [-0.1, -0.05) is 12.2 Å². The fraction of sp³-hybridized carbons (Fsp3) is 0.286. The molecule has 2 rings (SSSR count). The molecule has 3 N–H and O–H groups in total. The van der Waals surface area contributed by atoms with Crippen molar-refractivity contribution in [3.8, 4) is 11.8 Å². The molecule has 0 bridgehead atoms. The maximum Gasteiger partial charge on any atom is 0.231 e. The van der Waals surface area contributed by atoms with E-state index in [9.17, 15) is 4.79 Å². The Labute approximate surface area is 111 Å². The standard InChI is InChI=1S/C14H15N3O2/c15-7-8-19-13-5-3-12(4-6-13)17-14(18)10-1-2-11(16)9-10/h1-6,10-11H,8-9,16H2,(H,17,18). The molecule has 98 valence electrons. The summed E-state index contributed by atoms with van der Waals surface area (Å²) in [7, 11) is 0. The molecule has 2 unspecified atom stereocenters. The largest absolute Gasteiger partial charge is 0.479 e. The number of nitrogens with zero attached hydrogens (tertiary/aromatic N) is 1. The van der Waals surface area contributed by atoms with Gasteiger partial charge in [0.25, 0.3) is 0 Å². The minimum absolute atomic E-state index is 0.0104. The van der Waals surface area contributed by atoms with Gasteiger partial charge in [-0.05, 0) is 30.7 Å². The number of carbonyl (C=O) groups is 1. The quantitative estimate of drug-likeness (QED) is 0.799. The van der Waals surface area contributed by atoms with E-state index in [4.69, 9.17) is 15.7 Å². The lowest BCUT2D eigenvalue weighted by Crippen LogP contribution is -2.23. The van der Waals surface area contributed by atoms with Crippen LogP contribution in [0.2, 0.25) is 0 Å². The minimum Gasteiger partial charge on any atom is -0.479 e. The number of hydrogen-bond acceptors (Lipinski definition) is 4. The van der Waals surface area contributed by atoms with Crippen molar-refractivity contribution in [2.24, 2.45) is 11.7 Å². The molecule has 5 heteroatoms. The second-order valence-electron chi connectivity index (χ2n) is 4.35. The van der Waals surface area contributed by atoms with E-state index in [-0.39, 0.29) is 24.5 Å². The summed E-state index contributed by atoms with van der Waals surface area (Å²) >= 11 is 0. The summed E-state index contributed by atoms with van der Waals surface area (Å²) in [5.41, 5.74) is 6.41. The van der Waals surface area contributed by atoms with E-state index in [1.165, 1.54) is 0 Å². The summed E-state index contributed by atoms with van der Waals surface area (Å²) in [4.78, 5) is 11.9. The van der Waals surface area contributed by atoms with Crippen molar-refractivity contribution < 1.29 is 9.53 Å². The van der Waals surface area contributed by atoms with Crippen LogP contribution in [0.1, 0.15) is 6.42 Å². The highest BCUT2D eigenvalue weighted by molar-refractivity contribution is 5.94. The topological polar surface area (TPSA) is 88.1 Å². The van der Waals surface area contributed by atoms with Gasteiger partial charge in [0.15, 0.2) is 6.61 Å². The Balaban J connectivity index is 1.91. The highest BCUT2D eigenvalue weighted by atomic mass is 16.5. The smallest absolute Gasteiger partial charge is 0.231 e. The van der Waals surface area contributed by atoms with Crippen molar-refractivity contribution in [3.63, 3.8) is 0 Å². The van der Waals surface area contributed by atoms with Gasteiger partial charge in [-0.25, -0.2) is 0 Å². The van der Waals surface area contributed by atoms with Crippen molar-refractivity contribution in [1.29, 1.82) is 5.26 Å². The summed E-state index contributed by atoms with van der Waals surface area (Å²) < 4.78 is 5.13. The van der Waals surface area contributed by atoms with Gasteiger partial charge in [0.1, 0.15) is 11.8 Å². The number of rotatable bonds is 4. The van der Waals surface area contributed by atoms with Crippen LogP contribution in [0, 0.1) is 17.2 Å². The average molecular weight is 257 g/mol. The van der Waals surface area contributed by atoms with Gasteiger partial charge in [-0.2, -0.15) is 5.26 Å². The first-order chi connectivity index (χ1) is 9.19. The van der Waals surface area contributed by atoms with Crippen LogP contribution in [-0.4, -0.2) is 18.6 Å². The highest BCUT2D eigenvalue weighted by Gasteiger charge is 2.22. The number of benzene rings is 1. The molecule has 1 aliphatic rings. The third-order valence-electron chi connectivity index (χ3n) is 2.88. The van der Waals surface area contributed by atoms with E-state index in [0.29, 0.717) is 17.9 Å². The Morgan fingerprint density at radius 3 is 2.74 bits per heavy atom. The Hall–Kier alpha value is -2.32. The van der Waals surface area contributed by atoms with E-state index >= 15 is 0 Å². The molecule has 0 heterocycles. The van der Waals surface area contributed by atoms with Crippen LogP contribution in [0.3, 0.4) is 0 Å². The summed E-state index contributed by atoms with van der Waals surface area (Å²) in [6.07, 6.45) is 4.34. The number of amides is 1. The van der Waals surface area contributed by atoms with Crippen molar-refractivity contribution in [2.75, 3.05) is 11.9 Å². The molecular formula is C14H15N3O2. The molecule has 0 spiro atoms. The maximum absolute atomic E-state index is 11.9. The first-order valence-electron chi connectivity index (χ1n) is 6.03. The summed E-state index contributed by atoms with van der Waals surface area (Å²) in [6, 6.07) is 8.76. The lowest BCUT2D eigenvalue weighted by atomic mass is 10.1. The molecule has 19 heavy (non-hydrogen) atoms. The van der Waals surface area contributed by atoms with Crippen LogP contribution in [0.15, 0.2) is 36.4 Å². The number of nitrogens with two attached hydrogens (primary N) is 1. The molecule has 2 atom stereocenters. The molecule has 5 nitrogen and oxygen atoms in total. The van der Waals surface area contributed by atoms with Gasteiger partial charge >= 0.3 is 0 Å². The lowest BCUT2D eigenvalue weighted by Gasteiger charge is -2.11. The molecule has 0 aliphatic heterocycles. The number of anilines is 1. The zero-order valence-electron chi connectivity index (χ0n) is 10.4. The van der Waals surface area contributed by atoms with Crippen LogP contribution < -0.4 is 15.8 Å². The van der Waals surface area contributed by atoms with E-state index in [2.05, 4.69) is 5.32 Å². The Morgan fingerprint density at radius 2 is 2.16 bits per heavy atom. The van der Waals surface area contributed by atoms with Crippen LogP contribution in [0.5, 0.6) is 5.75 Å². The predicted octanol–water partition coefficient (Wildman–Crippen LogP) is 1.43. The Morgan fingerprint density at radius 1 is 1.42 bits per heavy atom. The summed E-state index contributed by atoms with van der Waals surface area (Å²) in [5.74, 6) is 0.377. The molecule has 0 saturated heterocycles. The van der Waals surface area contributed by atoms with Crippen LogP contribution in [0.4, 0.5) is 5.69 Å². The molecule has 0 saturated carbocycles. The molecular weight excluding hydrogens is 242 g/mol. The third-order valence-corrected chi connectivity index (χ3v) is 2.88. The number of nitrogens with one attached hydrogen (secondary N) is 1. The molecule has 0 aromatic heterocycles. The fourth-order valence-corrected chi connectivity index (χ4v) is 1.91. The second-order valence-corrected chi connectivity index (χ2v) is 4.35. The third kappa shape index (κ3) is 3.57. The Kier molecular flexibility index (Phi) is 4.16. The van der Waals surface area contributed by atoms with Gasteiger partial charge in [0.05, 0.1) is 5.92 Å². The molecule has 1 amide bonds. The molecule has 1 aromatic carbocycles. The van der Waals surface area contributed by atoms with Crippen molar-refractivity contribution in [2.45, 2.75) is 12.5 Å². The second kappa shape index (κ2) is 6.03. The first-order valence-corrected chi connectivity index (χ1v) is 6.03. The number of ether oxygens (including phenoxy) is 1. The monoisotopic (exact) mass is 257 g/mol. The first kappa shape index (κ1) is 13.1. The zero-order chi connectivity index (χ0) is 13.7. The van der Waals surface area contributed by atoms with Crippen molar-refractivity contribution >= 4 is 11.6 Å². The van der Waals surface area contributed by atoms with Gasteiger partial charge in [0, 0.05) is 11.7 Å². The molecule has 1 aromatic rings. The van der Waals surface area contributed by atoms with E-state index in [1.54, 1.807) is 24.3 Å². The predicted molar refractivity (Wildman–Crippen MR) is 71.4 cm³/mol. The number of nitriles is 1. The van der Waals surface area contributed by atoms with Crippen LogP contribution in [0.25, 0.3) is 0 Å². The van der Waals surface area contributed by atoms with E-state index in [0.717, 1.165) is 0 Å². The molecule has 1 aliphatic carbocycles. The van der Waals surface area contributed by atoms with Crippen LogP contribution in [-0.2, 0) is 4.79 Å². The Bertz CT molecular complexity index is 516. The number of carbonyl (C=O) groups excluding carboxylic acids is 1. The van der Waals surface area contributed by atoms with Gasteiger partial charge in [-0.15, -0.1) is 0 Å². The molecule has 0 fully saturated rings. The van der Waals surface area contributed by atoms with Crippen LogP contribution >= 0.6 is 0 Å². The minimum atomic E-state index is -0.162. The van der Waals surface area contributed by atoms with Crippen molar-refractivity contribution in [1.82, 2.24) is 0 Å². The maximum atomic E-state index is 11.9. The summed E-state index contributed by atoms with van der Waals surface area (Å²) in [5, 5.41) is 11.2. The SMILES string of the molecule is N#CCOc1ccc(NC(=O)C2C=CC(N)C2)cc1. The fourth-order valence-electron chi connectivity index (χ4n) is 1.91. The molecule has 0 radical (unpaired) electrons. The highest BCUT2D eigenvalue weighted by Crippen LogP contribution is 2.20. The normalized spacial score (nSPS) is 20.8.